The predicted octanol–water partition coefficient (Wildman–Crippen LogP) is 3.14. The molecule has 140 valence electrons. The van der Waals surface area contributed by atoms with E-state index in [-0.39, 0.29) is 17.1 Å². The molecule has 0 saturated heterocycles. The van der Waals surface area contributed by atoms with Gasteiger partial charge in [-0.3, -0.25) is 14.4 Å². The van der Waals surface area contributed by atoms with Gasteiger partial charge < -0.3 is 9.47 Å². The van der Waals surface area contributed by atoms with Gasteiger partial charge in [0.05, 0.1) is 29.7 Å². The maximum atomic E-state index is 13.2. The number of rotatable bonds is 7. The first kappa shape index (κ1) is 19.5. The fourth-order valence-electron chi connectivity index (χ4n) is 2.56. The van der Waals surface area contributed by atoms with E-state index in [2.05, 4.69) is 0 Å². The summed E-state index contributed by atoms with van der Waals surface area (Å²) in [5.74, 6) is 0.837. The number of nitrogens with zero attached hydrogens (tertiary/aromatic N) is 2. The van der Waals surface area contributed by atoms with Crippen molar-refractivity contribution < 1.29 is 22.8 Å². The quantitative estimate of drug-likeness (QED) is 0.540. The van der Waals surface area contributed by atoms with E-state index in [1.807, 2.05) is 0 Å². The number of aryl methyl sites for hydroxylation is 1. The van der Waals surface area contributed by atoms with Crippen LogP contribution in [0.1, 0.15) is 12.5 Å². The second-order valence-electron chi connectivity index (χ2n) is 5.41. The molecule has 0 radical (unpaired) electrons. The van der Waals surface area contributed by atoms with Gasteiger partial charge in [0.2, 0.25) is 0 Å². The average molecular weight is 380 g/mol. The molecule has 0 aliphatic rings. The summed E-state index contributed by atoms with van der Waals surface area (Å²) < 4.78 is 38.0. The van der Waals surface area contributed by atoms with E-state index >= 15 is 0 Å². The average Bonchev–Trinajstić information content (AvgIpc) is 2.62. The molecule has 0 bridgehead atoms. The van der Waals surface area contributed by atoms with E-state index in [9.17, 15) is 18.5 Å². The van der Waals surface area contributed by atoms with Crippen molar-refractivity contribution in [2.45, 2.75) is 18.7 Å². The molecule has 0 unspecified atom stereocenters. The Bertz CT molecular complexity index is 927. The topological polar surface area (TPSA) is 99.0 Å². The summed E-state index contributed by atoms with van der Waals surface area (Å²) in [5, 5.41) is 11.0. The normalized spacial score (nSPS) is 11.1. The Morgan fingerprint density at radius 1 is 1.12 bits per heavy atom. The van der Waals surface area contributed by atoms with E-state index in [4.69, 9.17) is 9.47 Å². The van der Waals surface area contributed by atoms with E-state index in [0.29, 0.717) is 22.7 Å². The van der Waals surface area contributed by atoms with E-state index < -0.39 is 14.9 Å². The van der Waals surface area contributed by atoms with Crippen molar-refractivity contribution in [3.05, 3.63) is 52.1 Å². The van der Waals surface area contributed by atoms with Gasteiger partial charge in [0.1, 0.15) is 11.5 Å². The van der Waals surface area contributed by atoms with E-state index in [1.165, 1.54) is 26.4 Å². The molecule has 0 atom stereocenters. The van der Waals surface area contributed by atoms with E-state index in [0.717, 1.165) is 10.4 Å². The fourth-order valence-corrected chi connectivity index (χ4v) is 4.29. The highest BCUT2D eigenvalue weighted by Gasteiger charge is 2.29. The Balaban J connectivity index is 2.63. The molecule has 2 rings (SSSR count). The monoisotopic (exact) mass is 380 g/mol. The zero-order chi connectivity index (χ0) is 19.5. The van der Waals surface area contributed by atoms with Gasteiger partial charge in [-0.25, -0.2) is 8.42 Å². The van der Waals surface area contributed by atoms with Gasteiger partial charge in [0.15, 0.2) is 0 Å². The maximum Gasteiger partial charge on any atom is 0.270 e. The molecule has 0 fully saturated rings. The fraction of sp³-hybridized carbons (Fsp3) is 0.294. The Kier molecular flexibility index (Phi) is 5.71. The second kappa shape index (κ2) is 7.61. The SMILES string of the molecule is CCN(c1ccc(OC)cc1OC)S(=O)(=O)c1cc([N+](=O)[O-])ccc1C. The molecule has 0 heterocycles. The number of nitro benzene ring substituents is 1. The zero-order valence-corrected chi connectivity index (χ0v) is 15.7. The molecule has 0 aliphatic heterocycles. The maximum absolute atomic E-state index is 13.2. The van der Waals surface area contributed by atoms with Gasteiger partial charge >= 0.3 is 0 Å². The molecule has 0 amide bonds. The lowest BCUT2D eigenvalue weighted by Crippen LogP contribution is -2.31. The molecule has 0 spiro atoms. The van der Waals surface area contributed by atoms with Crippen LogP contribution in [0.3, 0.4) is 0 Å². The Labute approximate surface area is 152 Å². The van der Waals surface area contributed by atoms with Gasteiger partial charge in [-0.1, -0.05) is 6.07 Å². The lowest BCUT2D eigenvalue weighted by molar-refractivity contribution is -0.385. The third-order valence-electron chi connectivity index (χ3n) is 3.89. The number of sulfonamides is 1. The van der Waals surface area contributed by atoms with Crippen molar-refractivity contribution in [3.63, 3.8) is 0 Å². The molecule has 0 saturated carbocycles. The minimum atomic E-state index is -4.03. The molecule has 0 aliphatic carbocycles. The van der Waals surface area contributed by atoms with Crippen LogP contribution in [0.4, 0.5) is 11.4 Å². The van der Waals surface area contributed by atoms with Crippen molar-refractivity contribution in [3.8, 4) is 11.5 Å². The van der Waals surface area contributed by atoms with Crippen molar-refractivity contribution in [2.24, 2.45) is 0 Å². The number of benzene rings is 2. The van der Waals surface area contributed by atoms with Crippen molar-refractivity contribution in [2.75, 3.05) is 25.1 Å². The molecule has 0 aromatic heterocycles. The summed E-state index contributed by atoms with van der Waals surface area (Å²) in [6.45, 7) is 3.39. The molecule has 2 aromatic rings. The van der Waals surface area contributed by atoms with Crippen LogP contribution in [-0.2, 0) is 10.0 Å². The van der Waals surface area contributed by atoms with Gasteiger partial charge in [-0.05, 0) is 31.5 Å². The first-order valence-corrected chi connectivity index (χ1v) is 9.20. The van der Waals surface area contributed by atoms with Crippen molar-refractivity contribution >= 4 is 21.4 Å². The summed E-state index contributed by atoms with van der Waals surface area (Å²) in [6.07, 6.45) is 0. The summed E-state index contributed by atoms with van der Waals surface area (Å²) >= 11 is 0. The van der Waals surface area contributed by atoms with Crippen LogP contribution < -0.4 is 13.8 Å². The largest absolute Gasteiger partial charge is 0.497 e. The van der Waals surface area contributed by atoms with Crippen molar-refractivity contribution in [1.29, 1.82) is 0 Å². The number of ether oxygens (including phenoxy) is 2. The van der Waals surface area contributed by atoms with Crippen LogP contribution in [-0.4, -0.2) is 34.1 Å². The van der Waals surface area contributed by atoms with Crippen LogP contribution in [0.5, 0.6) is 11.5 Å². The Morgan fingerprint density at radius 3 is 2.35 bits per heavy atom. The highest BCUT2D eigenvalue weighted by molar-refractivity contribution is 7.92. The van der Waals surface area contributed by atoms with Gasteiger partial charge in [-0.15, -0.1) is 0 Å². The number of anilines is 1. The zero-order valence-electron chi connectivity index (χ0n) is 14.9. The number of hydrogen-bond acceptors (Lipinski definition) is 6. The number of non-ortho nitro benzene ring substituents is 1. The molecule has 9 heteroatoms. The van der Waals surface area contributed by atoms with Crippen LogP contribution in [0, 0.1) is 17.0 Å². The van der Waals surface area contributed by atoms with Crippen molar-refractivity contribution in [1.82, 2.24) is 0 Å². The van der Waals surface area contributed by atoms with Crippen LogP contribution in [0.15, 0.2) is 41.3 Å². The van der Waals surface area contributed by atoms with Gasteiger partial charge in [-0.2, -0.15) is 0 Å². The third kappa shape index (κ3) is 3.57. The second-order valence-corrected chi connectivity index (χ2v) is 7.25. The number of nitro groups is 1. The van der Waals surface area contributed by atoms with E-state index in [1.54, 1.807) is 32.0 Å². The molecule has 2 aromatic carbocycles. The Hall–Kier alpha value is -2.81. The third-order valence-corrected chi connectivity index (χ3v) is 5.92. The molecule has 0 N–H and O–H groups in total. The highest BCUT2D eigenvalue weighted by atomic mass is 32.2. The Morgan fingerprint density at radius 2 is 1.81 bits per heavy atom. The molecular weight excluding hydrogens is 360 g/mol. The number of methoxy groups -OCH3 is 2. The molecule has 8 nitrogen and oxygen atoms in total. The standard InChI is InChI=1S/C17H20N2O6S/c1-5-18(15-9-8-14(24-3)11-16(15)25-4)26(22,23)17-10-13(19(20)21)7-6-12(17)2/h6-11H,5H2,1-4H3. The molecular formula is C17H20N2O6S. The molecule has 26 heavy (non-hydrogen) atoms. The van der Waals surface area contributed by atoms with Crippen LogP contribution in [0.25, 0.3) is 0 Å². The summed E-state index contributed by atoms with van der Waals surface area (Å²) in [7, 11) is -1.11. The minimum absolute atomic E-state index is 0.118. The summed E-state index contributed by atoms with van der Waals surface area (Å²) in [4.78, 5) is 10.3. The summed E-state index contributed by atoms with van der Waals surface area (Å²) in [5.41, 5.74) is 0.454. The summed E-state index contributed by atoms with van der Waals surface area (Å²) in [6, 6.07) is 8.54. The first-order chi connectivity index (χ1) is 12.3. The van der Waals surface area contributed by atoms with Gasteiger partial charge in [0.25, 0.3) is 15.7 Å². The predicted molar refractivity (Wildman–Crippen MR) is 97.6 cm³/mol. The number of hydrogen-bond donors (Lipinski definition) is 0. The van der Waals surface area contributed by atoms with Gasteiger partial charge in [0, 0.05) is 24.7 Å². The van der Waals surface area contributed by atoms with Crippen LogP contribution >= 0.6 is 0 Å². The lowest BCUT2D eigenvalue weighted by atomic mass is 10.2. The first-order valence-electron chi connectivity index (χ1n) is 7.76. The minimum Gasteiger partial charge on any atom is -0.497 e. The smallest absolute Gasteiger partial charge is 0.270 e. The lowest BCUT2D eigenvalue weighted by Gasteiger charge is -2.25. The highest BCUT2D eigenvalue weighted by Crippen LogP contribution is 2.36. The van der Waals surface area contributed by atoms with Crippen LogP contribution in [0.2, 0.25) is 0 Å².